The number of phenolic OH excluding ortho intramolecular Hbond substituents is 1. The van der Waals surface area contributed by atoms with Crippen molar-refractivity contribution < 1.29 is 19.2 Å². The van der Waals surface area contributed by atoms with Gasteiger partial charge in [0.05, 0.1) is 18.1 Å². The van der Waals surface area contributed by atoms with E-state index >= 15 is 0 Å². The lowest BCUT2D eigenvalue weighted by Gasteiger charge is -2.25. The maximum atomic E-state index is 13.4. The van der Waals surface area contributed by atoms with Crippen molar-refractivity contribution in [3.8, 4) is 11.5 Å². The van der Waals surface area contributed by atoms with E-state index in [-0.39, 0.29) is 17.5 Å². The molecule has 1 aliphatic carbocycles. The molecular formula is C17H17FN2O4. The number of ether oxygens (including phenoxy) is 1. The van der Waals surface area contributed by atoms with E-state index in [1.165, 1.54) is 25.3 Å². The summed E-state index contributed by atoms with van der Waals surface area (Å²) >= 11 is 0. The molecule has 0 unspecified atom stereocenters. The van der Waals surface area contributed by atoms with Crippen molar-refractivity contribution in [2.24, 2.45) is 0 Å². The Morgan fingerprint density at radius 1 is 1.33 bits per heavy atom. The average Bonchev–Trinajstić information content (AvgIpc) is 3.39. The number of hydrogen-bond acceptors (Lipinski definition) is 5. The van der Waals surface area contributed by atoms with E-state index in [0.29, 0.717) is 18.0 Å². The summed E-state index contributed by atoms with van der Waals surface area (Å²) < 4.78 is 18.5. The van der Waals surface area contributed by atoms with Crippen LogP contribution in [-0.2, 0) is 6.54 Å². The van der Waals surface area contributed by atoms with Crippen LogP contribution in [-0.4, -0.2) is 23.2 Å². The third-order valence-corrected chi connectivity index (χ3v) is 4.03. The summed E-state index contributed by atoms with van der Waals surface area (Å²) in [4.78, 5) is 12.6. The number of anilines is 1. The van der Waals surface area contributed by atoms with Crippen LogP contribution in [0.1, 0.15) is 18.4 Å². The number of halogens is 1. The number of phenols is 1. The van der Waals surface area contributed by atoms with E-state index in [0.717, 1.165) is 24.5 Å². The fourth-order valence-corrected chi connectivity index (χ4v) is 2.70. The summed E-state index contributed by atoms with van der Waals surface area (Å²) in [5.74, 6) is -0.253. The van der Waals surface area contributed by atoms with Crippen LogP contribution in [0.3, 0.4) is 0 Å². The molecule has 2 aromatic carbocycles. The van der Waals surface area contributed by atoms with E-state index in [9.17, 15) is 19.6 Å². The van der Waals surface area contributed by atoms with Gasteiger partial charge in [-0.25, -0.2) is 4.39 Å². The minimum absolute atomic E-state index is 0.0342. The number of hydrogen-bond donors (Lipinski definition) is 1. The molecule has 0 heterocycles. The van der Waals surface area contributed by atoms with Gasteiger partial charge in [0.15, 0.2) is 11.5 Å². The number of nitro benzene ring substituents is 1. The number of nitro groups is 1. The van der Waals surface area contributed by atoms with Crippen molar-refractivity contribution in [2.75, 3.05) is 12.0 Å². The SMILES string of the molecule is COc1cc(CN(c2ccc(F)cc2[N+](=O)[O-])C2CC2)ccc1O. The van der Waals surface area contributed by atoms with E-state index in [1.54, 1.807) is 12.1 Å². The molecule has 7 heteroatoms. The highest BCUT2D eigenvalue weighted by molar-refractivity contribution is 5.64. The molecule has 1 aliphatic rings. The Balaban J connectivity index is 1.96. The average molecular weight is 332 g/mol. The van der Waals surface area contributed by atoms with Crippen LogP contribution < -0.4 is 9.64 Å². The van der Waals surface area contributed by atoms with Crippen LogP contribution in [0.25, 0.3) is 0 Å². The first-order valence-corrected chi connectivity index (χ1v) is 7.56. The van der Waals surface area contributed by atoms with Crippen LogP contribution in [0.2, 0.25) is 0 Å². The zero-order valence-corrected chi connectivity index (χ0v) is 13.1. The highest BCUT2D eigenvalue weighted by Gasteiger charge is 2.33. The Kier molecular flexibility index (Phi) is 4.24. The van der Waals surface area contributed by atoms with Crippen molar-refractivity contribution in [1.29, 1.82) is 0 Å². The molecule has 0 aliphatic heterocycles. The molecule has 126 valence electrons. The number of rotatable bonds is 6. The van der Waals surface area contributed by atoms with Gasteiger partial charge in [0.1, 0.15) is 11.5 Å². The van der Waals surface area contributed by atoms with Gasteiger partial charge in [-0.1, -0.05) is 6.07 Å². The second-order valence-corrected chi connectivity index (χ2v) is 5.76. The van der Waals surface area contributed by atoms with Gasteiger partial charge < -0.3 is 14.7 Å². The van der Waals surface area contributed by atoms with E-state index in [4.69, 9.17) is 4.74 Å². The van der Waals surface area contributed by atoms with Gasteiger partial charge in [-0.3, -0.25) is 10.1 Å². The molecule has 0 radical (unpaired) electrons. The minimum atomic E-state index is -0.632. The first kappa shape index (κ1) is 16.0. The fourth-order valence-electron chi connectivity index (χ4n) is 2.70. The maximum Gasteiger partial charge on any atom is 0.295 e. The molecule has 0 saturated heterocycles. The quantitative estimate of drug-likeness (QED) is 0.646. The van der Waals surface area contributed by atoms with Crippen molar-refractivity contribution in [2.45, 2.75) is 25.4 Å². The van der Waals surface area contributed by atoms with Crippen molar-refractivity contribution in [3.05, 3.63) is 57.9 Å². The summed E-state index contributed by atoms with van der Waals surface area (Å²) in [7, 11) is 1.46. The molecule has 3 rings (SSSR count). The number of aromatic hydroxyl groups is 1. The van der Waals surface area contributed by atoms with Crippen LogP contribution in [0.4, 0.5) is 15.8 Å². The lowest BCUT2D eigenvalue weighted by atomic mass is 10.1. The van der Waals surface area contributed by atoms with Crippen LogP contribution in [0.5, 0.6) is 11.5 Å². The molecular weight excluding hydrogens is 315 g/mol. The number of nitrogens with zero attached hydrogens (tertiary/aromatic N) is 2. The van der Waals surface area contributed by atoms with E-state index in [2.05, 4.69) is 0 Å². The zero-order valence-electron chi connectivity index (χ0n) is 13.1. The van der Waals surface area contributed by atoms with Gasteiger partial charge in [0, 0.05) is 12.6 Å². The van der Waals surface area contributed by atoms with Gasteiger partial charge >= 0.3 is 0 Å². The van der Waals surface area contributed by atoms with Gasteiger partial charge in [-0.05, 0) is 42.7 Å². The first-order valence-electron chi connectivity index (χ1n) is 7.56. The van der Waals surface area contributed by atoms with Crippen LogP contribution >= 0.6 is 0 Å². The second kappa shape index (κ2) is 6.35. The van der Waals surface area contributed by atoms with Crippen molar-refractivity contribution in [1.82, 2.24) is 0 Å². The minimum Gasteiger partial charge on any atom is -0.504 e. The summed E-state index contributed by atoms with van der Waals surface area (Å²) in [6.07, 6.45) is 1.87. The highest BCUT2D eigenvalue weighted by Crippen LogP contribution is 2.39. The van der Waals surface area contributed by atoms with Crippen molar-refractivity contribution in [3.63, 3.8) is 0 Å². The van der Waals surface area contributed by atoms with Gasteiger partial charge in [-0.15, -0.1) is 0 Å². The van der Waals surface area contributed by atoms with Crippen molar-refractivity contribution >= 4 is 11.4 Å². The normalized spacial score (nSPS) is 13.6. The van der Waals surface area contributed by atoms with E-state index in [1.807, 2.05) is 4.90 Å². The molecule has 0 aromatic heterocycles. The Morgan fingerprint density at radius 3 is 2.71 bits per heavy atom. The Hall–Kier alpha value is -2.83. The predicted molar refractivity (Wildman–Crippen MR) is 86.9 cm³/mol. The standard InChI is InChI=1S/C17H17FN2O4/c1-24-17-8-11(2-7-16(17)21)10-19(13-4-5-13)14-6-3-12(18)9-15(14)20(22)23/h2-3,6-9,13,21H,4-5,10H2,1H3. The van der Waals surface area contributed by atoms with Gasteiger partial charge in [0.25, 0.3) is 5.69 Å². The lowest BCUT2D eigenvalue weighted by Crippen LogP contribution is -2.25. The van der Waals surface area contributed by atoms with E-state index < -0.39 is 10.7 Å². The molecule has 0 bridgehead atoms. The second-order valence-electron chi connectivity index (χ2n) is 5.76. The monoisotopic (exact) mass is 332 g/mol. The molecule has 1 saturated carbocycles. The molecule has 1 fully saturated rings. The smallest absolute Gasteiger partial charge is 0.295 e. The first-order chi connectivity index (χ1) is 11.5. The largest absolute Gasteiger partial charge is 0.504 e. The molecule has 24 heavy (non-hydrogen) atoms. The maximum absolute atomic E-state index is 13.4. The predicted octanol–water partition coefficient (Wildman–Crippen LogP) is 3.62. The van der Waals surface area contributed by atoms with Crippen LogP contribution in [0.15, 0.2) is 36.4 Å². The Labute approximate surface area is 138 Å². The molecule has 1 N–H and O–H groups in total. The fraction of sp³-hybridized carbons (Fsp3) is 0.294. The third kappa shape index (κ3) is 3.24. The topological polar surface area (TPSA) is 75.8 Å². The zero-order chi connectivity index (χ0) is 17.3. The summed E-state index contributed by atoms with van der Waals surface area (Å²) in [6, 6.07) is 8.77. The molecule has 6 nitrogen and oxygen atoms in total. The van der Waals surface area contributed by atoms with Crippen LogP contribution in [0, 0.1) is 15.9 Å². The Bertz CT molecular complexity index is 777. The molecule has 0 spiro atoms. The molecule has 0 atom stereocenters. The van der Waals surface area contributed by atoms with Gasteiger partial charge in [0.2, 0.25) is 0 Å². The molecule has 0 amide bonds. The summed E-state index contributed by atoms with van der Waals surface area (Å²) in [6.45, 7) is 0.410. The summed E-state index contributed by atoms with van der Waals surface area (Å²) in [5.41, 5.74) is 0.999. The highest BCUT2D eigenvalue weighted by atomic mass is 19.1. The third-order valence-electron chi connectivity index (χ3n) is 4.03. The van der Waals surface area contributed by atoms with Gasteiger partial charge in [-0.2, -0.15) is 0 Å². The lowest BCUT2D eigenvalue weighted by molar-refractivity contribution is -0.384. The number of benzene rings is 2. The number of methoxy groups -OCH3 is 1. The summed E-state index contributed by atoms with van der Waals surface area (Å²) in [5, 5.41) is 21.0. The molecule has 2 aromatic rings. The Morgan fingerprint density at radius 2 is 2.08 bits per heavy atom.